The summed E-state index contributed by atoms with van der Waals surface area (Å²) in [5, 5.41) is 5.15. The molecule has 18 heavy (non-hydrogen) atoms. The topological polar surface area (TPSA) is 12.0 Å². The zero-order valence-electron chi connectivity index (χ0n) is 10.9. The van der Waals surface area contributed by atoms with Gasteiger partial charge in [-0.3, -0.25) is 0 Å². The van der Waals surface area contributed by atoms with Gasteiger partial charge in [-0.15, -0.1) is 0 Å². The maximum atomic E-state index is 6.25. The van der Waals surface area contributed by atoms with Gasteiger partial charge in [-0.1, -0.05) is 55.5 Å². The first-order valence-electron chi connectivity index (χ1n) is 6.87. The molecule has 3 heteroatoms. The Hall–Kier alpha value is -0.240. The average molecular weight is 286 g/mol. The van der Waals surface area contributed by atoms with Gasteiger partial charge in [-0.2, -0.15) is 0 Å². The van der Waals surface area contributed by atoms with Gasteiger partial charge in [0.25, 0.3) is 0 Å². The van der Waals surface area contributed by atoms with Crippen molar-refractivity contribution in [2.45, 2.75) is 45.1 Å². The highest BCUT2D eigenvalue weighted by molar-refractivity contribution is 6.35. The molecule has 1 aromatic carbocycles. The van der Waals surface area contributed by atoms with Crippen LogP contribution >= 0.6 is 23.2 Å². The Morgan fingerprint density at radius 2 is 1.94 bits per heavy atom. The molecule has 1 N–H and O–H groups in total. The summed E-state index contributed by atoms with van der Waals surface area (Å²) >= 11 is 12.5. The zero-order chi connectivity index (χ0) is 13.0. The van der Waals surface area contributed by atoms with E-state index in [1.165, 1.54) is 25.7 Å². The molecule has 0 spiro atoms. The number of halogens is 2. The molecule has 0 aromatic heterocycles. The van der Waals surface area contributed by atoms with Crippen LogP contribution < -0.4 is 5.32 Å². The summed E-state index contributed by atoms with van der Waals surface area (Å²) in [7, 11) is 0. The van der Waals surface area contributed by atoms with E-state index in [1.807, 2.05) is 18.2 Å². The maximum Gasteiger partial charge on any atom is 0.0453 e. The molecule has 0 heterocycles. The highest BCUT2D eigenvalue weighted by Crippen LogP contribution is 2.32. The van der Waals surface area contributed by atoms with Crippen molar-refractivity contribution in [3.63, 3.8) is 0 Å². The summed E-state index contributed by atoms with van der Waals surface area (Å²) < 4.78 is 0. The lowest BCUT2D eigenvalue weighted by molar-refractivity contribution is 0.260. The third-order valence-electron chi connectivity index (χ3n) is 3.85. The normalized spacial score (nSPS) is 17.5. The van der Waals surface area contributed by atoms with Crippen LogP contribution in [0.1, 0.15) is 38.2 Å². The van der Waals surface area contributed by atoms with E-state index < -0.39 is 0 Å². The van der Waals surface area contributed by atoms with Gasteiger partial charge in [0.15, 0.2) is 0 Å². The van der Waals surface area contributed by atoms with E-state index in [9.17, 15) is 0 Å². The van der Waals surface area contributed by atoms with Crippen molar-refractivity contribution in [2.75, 3.05) is 6.54 Å². The highest BCUT2D eigenvalue weighted by atomic mass is 35.5. The largest absolute Gasteiger partial charge is 0.314 e. The number of hydrogen-bond donors (Lipinski definition) is 1. The molecule has 1 fully saturated rings. The molecule has 1 aliphatic carbocycles. The first kappa shape index (κ1) is 14.2. The van der Waals surface area contributed by atoms with Crippen LogP contribution in [0.2, 0.25) is 10.0 Å². The first-order chi connectivity index (χ1) is 8.70. The van der Waals surface area contributed by atoms with Crippen molar-refractivity contribution in [1.82, 2.24) is 5.32 Å². The van der Waals surface area contributed by atoms with Gasteiger partial charge in [0, 0.05) is 16.1 Å². The number of hydrogen-bond acceptors (Lipinski definition) is 1. The fourth-order valence-electron chi connectivity index (χ4n) is 2.63. The highest BCUT2D eigenvalue weighted by Gasteiger charge is 2.22. The summed E-state index contributed by atoms with van der Waals surface area (Å²) in [6.45, 7) is 3.15. The Morgan fingerprint density at radius 3 is 2.44 bits per heavy atom. The minimum Gasteiger partial charge on any atom is -0.314 e. The predicted molar refractivity (Wildman–Crippen MR) is 79.6 cm³/mol. The molecule has 1 saturated carbocycles. The lowest BCUT2D eigenvalue weighted by atomic mass is 9.80. The number of likely N-dealkylation sites (N-methyl/N-ethyl adjacent to an activating group) is 1. The Labute approximate surface area is 120 Å². The minimum atomic E-state index is 0.498. The summed E-state index contributed by atoms with van der Waals surface area (Å²) in [5.41, 5.74) is 1.09. The van der Waals surface area contributed by atoms with Crippen LogP contribution in [-0.4, -0.2) is 12.6 Å². The van der Waals surface area contributed by atoms with Crippen LogP contribution in [0.15, 0.2) is 18.2 Å². The molecular formula is C15H21Cl2N. The lowest BCUT2D eigenvalue weighted by Crippen LogP contribution is -2.34. The Morgan fingerprint density at radius 1 is 1.28 bits per heavy atom. The summed E-state index contributed by atoms with van der Waals surface area (Å²) in [6.07, 6.45) is 6.35. The molecule has 0 radical (unpaired) electrons. The fourth-order valence-corrected chi connectivity index (χ4v) is 3.18. The van der Waals surface area contributed by atoms with Gasteiger partial charge in [-0.05, 0) is 43.0 Å². The van der Waals surface area contributed by atoms with Crippen molar-refractivity contribution >= 4 is 23.2 Å². The average Bonchev–Trinajstić information content (AvgIpc) is 2.28. The summed E-state index contributed by atoms with van der Waals surface area (Å²) in [6, 6.07) is 6.25. The van der Waals surface area contributed by atoms with E-state index in [1.54, 1.807) is 0 Å². The van der Waals surface area contributed by atoms with Crippen LogP contribution in [0.4, 0.5) is 0 Å². The molecule has 100 valence electrons. The van der Waals surface area contributed by atoms with Crippen LogP contribution in [-0.2, 0) is 6.42 Å². The van der Waals surface area contributed by atoms with E-state index >= 15 is 0 Å². The molecular weight excluding hydrogens is 265 g/mol. The van der Waals surface area contributed by atoms with E-state index in [2.05, 4.69) is 12.2 Å². The third-order valence-corrected chi connectivity index (χ3v) is 4.56. The van der Waals surface area contributed by atoms with Crippen molar-refractivity contribution in [1.29, 1.82) is 0 Å². The van der Waals surface area contributed by atoms with E-state index in [4.69, 9.17) is 23.2 Å². The zero-order valence-corrected chi connectivity index (χ0v) is 12.4. The van der Waals surface area contributed by atoms with Crippen molar-refractivity contribution in [2.24, 2.45) is 5.92 Å². The van der Waals surface area contributed by atoms with Crippen molar-refractivity contribution < 1.29 is 0 Å². The fraction of sp³-hybridized carbons (Fsp3) is 0.600. The third kappa shape index (κ3) is 3.63. The molecule has 0 aliphatic heterocycles. The van der Waals surface area contributed by atoms with Crippen molar-refractivity contribution in [3.05, 3.63) is 33.8 Å². The van der Waals surface area contributed by atoms with Gasteiger partial charge in [-0.25, -0.2) is 0 Å². The molecule has 1 aliphatic rings. The summed E-state index contributed by atoms with van der Waals surface area (Å²) in [4.78, 5) is 0. The van der Waals surface area contributed by atoms with Gasteiger partial charge >= 0.3 is 0 Å². The van der Waals surface area contributed by atoms with Crippen molar-refractivity contribution in [3.8, 4) is 0 Å². The number of rotatable bonds is 6. The second kappa shape index (κ2) is 6.79. The Balaban J connectivity index is 2.02. The molecule has 1 aromatic rings. The van der Waals surface area contributed by atoms with Gasteiger partial charge in [0.2, 0.25) is 0 Å². The standard InChI is InChI=1S/C15H21Cl2N/c1-2-18-12(9-11-5-3-6-11)10-13-14(16)7-4-8-15(13)17/h4,7-8,11-12,18H,2-3,5-6,9-10H2,1H3. The molecule has 0 amide bonds. The van der Waals surface area contributed by atoms with E-state index in [0.29, 0.717) is 6.04 Å². The molecule has 2 rings (SSSR count). The van der Waals surface area contributed by atoms with Crippen LogP contribution in [0, 0.1) is 5.92 Å². The van der Waals surface area contributed by atoms with Crippen LogP contribution in [0.25, 0.3) is 0 Å². The number of nitrogens with one attached hydrogen (secondary N) is 1. The predicted octanol–water partition coefficient (Wildman–Crippen LogP) is 4.70. The number of benzene rings is 1. The monoisotopic (exact) mass is 285 g/mol. The SMILES string of the molecule is CCNC(Cc1c(Cl)cccc1Cl)CC1CCC1. The first-order valence-corrected chi connectivity index (χ1v) is 7.62. The minimum absolute atomic E-state index is 0.498. The molecule has 0 bridgehead atoms. The molecule has 0 saturated heterocycles. The van der Waals surface area contributed by atoms with Gasteiger partial charge in [0.05, 0.1) is 0 Å². The quantitative estimate of drug-likeness (QED) is 0.799. The maximum absolute atomic E-state index is 6.25. The van der Waals surface area contributed by atoms with E-state index in [-0.39, 0.29) is 0 Å². The smallest absolute Gasteiger partial charge is 0.0453 e. The lowest BCUT2D eigenvalue weighted by Gasteiger charge is -2.30. The Bertz CT molecular complexity index is 368. The molecule has 1 unspecified atom stereocenters. The summed E-state index contributed by atoms with van der Waals surface area (Å²) in [5.74, 6) is 0.898. The second-order valence-corrected chi connectivity index (χ2v) is 6.01. The second-order valence-electron chi connectivity index (χ2n) is 5.19. The molecule has 1 atom stereocenters. The van der Waals surface area contributed by atoms with Crippen LogP contribution in [0.3, 0.4) is 0 Å². The molecule has 1 nitrogen and oxygen atoms in total. The van der Waals surface area contributed by atoms with Gasteiger partial charge < -0.3 is 5.32 Å². The van der Waals surface area contributed by atoms with Crippen LogP contribution in [0.5, 0.6) is 0 Å². The Kier molecular flexibility index (Phi) is 5.35. The van der Waals surface area contributed by atoms with Gasteiger partial charge in [0.1, 0.15) is 0 Å². The van der Waals surface area contributed by atoms with E-state index in [0.717, 1.165) is 34.5 Å².